The van der Waals surface area contributed by atoms with Gasteiger partial charge in [-0.3, -0.25) is 9.35 Å². The Morgan fingerprint density at radius 3 is 2.10 bits per heavy atom. The van der Waals surface area contributed by atoms with Crippen LogP contribution in [0.25, 0.3) is 28.2 Å². The van der Waals surface area contributed by atoms with Crippen molar-refractivity contribution in [3.05, 3.63) is 173 Å². The van der Waals surface area contributed by atoms with Gasteiger partial charge in [0.25, 0.3) is 10.1 Å². The first-order chi connectivity index (χ1) is 24.1. The van der Waals surface area contributed by atoms with Gasteiger partial charge in [0.05, 0.1) is 22.8 Å². The molecule has 0 aliphatic carbocycles. The average Bonchev–Trinajstić information content (AvgIpc) is 3.10. The van der Waals surface area contributed by atoms with Gasteiger partial charge in [-0.25, -0.2) is 10.0 Å². The molecule has 1 aliphatic heterocycles. The first kappa shape index (κ1) is 34.3. The van der Waals surface area contributed by atoms with Gasteiger partial charge < -0.3 is 0 Å². The van der Waals surface area contributed by atoms with Crippen LogP contribution < -0.4 is 9.58 Å². The Bertz CT molecular complexity index is 2250. The van der Waals surface area contributed by atoms with E-state index in [-0.39, 0.29) is 18.1 Å². The highest BCUT2D eigenvalue weighted by Crippen LogP contribution is 2.38. The van der Waals surface area contributed by atoms with Crippen molar-refractivity contribution in [2.75, 3.05) is 10.8 Å². The summed E-state index contributed by atoms with van der Waals surface area (Å²) < 4.78 is 34.5. The van der Waals surface area contributed by atoms with Gasteiger partial charge in [0.2, 0.25) is 17.1 Å². The molecule has 0 fully saturated rings. The lowest BCUT2D eigenvalue weighted by atomic mass is 9.96. The number of allylic oxidation sites excluding steroid dienone is 5. The number of hydrazine groups is 1. The number of rotatable bonds is 10. The van der Waals surface area contributed by atoms with Gasteiger partial charge in [0.15, 0.2) is 6.54 Å². The number of pyridine rings is 1. The Balaban J connectivity index is 1.51. The smallest absolute Gasteiger partial charge is 0.265 e. The van der Waals surface area contributed by atoms with Crippen molar-refractivity contribution in [3.63, 3.8) is 0 Å². The lowest BCUT2D eigenvalue weighted by molar-refractivity contribution is -0.673. The molecule has 1 N–H and O–H groups in total. The van der Waals surface area contributed by atoms with Crippen LogP contribution in [-0.4, -0.2) is 29.6 Å². The molecule has 50 heavy (non-hydrogen) atoms. The van der Waals surface area contributed by atoms with Crippen molar-refractivity contribution in [1.82, 2.24) is 5.01 Å². The van der Waals surface area contributed by atoms with E-state index in [1.807, 2.05) is 90.0 Å². The highest BCUT2D eigenvalue weighted by Gasteiger charge is 2.29. The largest absolute Gasteiger partial charge is 0.286 e. The molecule has 4 aromatic carbocycles. The van der Waals surface area contributed by atoms with Crippen LogP contribution in [0.3, 0.4) is 0 Å². The number of nitrogens with zero attached hydrogens (tertiary/aromatic N) is 3. The van der Waals surface area contributed by atoms with Gasteiger partial charge in [-0.15, -0.1) is 0 Å². The van der Waals surface area contributed by atoms with Gasteiger partial charge in [-0.1, -0.05) is 96.1 Å². The zero-order valence-corrected chi connectivity index (χ0v) is 29.2. The number of aromatic nitrogens is 1. The van der Waals surface area contributed by atoms with Crippen LogP contribution in [0.15, 0.2) is 145 Å². The van der Waals surface area contributed by atoms with Crippen molar-refractivity contribution in [1.29, 1.82) is 0 Å². The molecule has 0 bridgehead atoms. The zero-order chi connectivity index (χ0) is 35.3. The summed E-state index contributed by atoms with van der Waals surface area (Å²) in [4.78, 5) is 13.6. The standard InChI is InChI=1S/C42H39N3O4S/c1-31-17-21-34(22-18-31)37-29-40(15-9-14-38-26-25-35-11-7-8-16-41(35)43(38)27-10-28-50(47,48)49)45(42(30-37)36-23-19-32(2)20-24-36)44(33(3)46)39-12-5-4-6-13-39/h4-9,11-26,29-30H,10,27-28H2,1-3H3/p+1. The van der Waals surface area contributed by atoms with Crippen LogP contribution in [-0.2, 0) is 21.5 Å². The Labute approximate surface area is 294 Å². The van der Waals surface area contributed by atoms with Crippen molar-refractivity contribution in [3.8, 4) is 0 Å². The third-order valence-electron chi connectivity index (χ3n) is 8.59. The highest BCUT2D eigenvalue weighted by molar-refractivity contribution is 7.85. The van der Waals surface area contributed by atoms with E-state index in [4.69, 9.17) is 0 Å². The maximum absolute atomic E-state index is 13.6. The quantitative estimate of drug-likeness (QED) is 0.118. The molecule has 5 aromatic rings. The monoisotopic (exact) mass is 682 g/mol. The van der Waals surface area contributed by atoms with E-state index in [1.165, 1.54) is 5.56 Å². The lowest BCUT2D eigenvalue weighted by Crippen LogP contribution is -2.44. The number of aryl methyl sites for hydroxylation is 3. The van der Waals surface area contributed by atoms with Gasteiger partial charge in [-0.2, -0.15) is 13.0 Å². The first-order valence-corrected chi connectivity index (χ1v) is 18.2. The van der Waals surface area contributed by atoms with Crippen LogP contribution in [0.4, 0.5) is 5.69 Å². The van der Waals surface area contributed by atoms with E-state index < -0.39 is 10.1 Å². The summed E-state index contributed by atoms with van der Waals surface area (Å²) in [6, 6.07) is 38.3. The molecule has 0 atom stereocenters. The fraction of sp³-hybridized carbons (Fsp3) is 0.143. The molecule has 1 aliphatic rings. The summed E-state index contributed by atoms with van der Waals surface area (Å²) in [6.07, 6.45) is 10.4. The fourth-order valence-electron chi connectivity index (χ4n) is 6.13. The highest BCUT2D eigenvalue weighted by atomic mass is 32.2. The molecule has 0 unspecified atom stereocenters. The SMILES string of the molecule is CC(=O)N(c1ccccc1)N1C(c2ccc(C)cc2)=CC(c2ccc(C)cc2)=C/C1=C\C=C\c1ccc2ccccc2[n+]1CCCS(=O)(=O)O. The van der Waals surface area contributed by atoms with Crippen LogP contribution in [0.5, 0.6) is 0 Å². The summed E-state index contributed by atoms with van der Waals surface area (Å²) in [5.74, 6) is -0.477. The normalized spacial score (nSPS) is 14.2. The molecular formula is C42H40N3O4S+. The van der Waals surface area contributed by atoms with Crippen molar-refractivity contribution in [2.24, 2.45) is 0 Å². The molecule has 1 amide bonds. The molecule has 6 rings (SSSR count). The topological polar surface area (TPSA) is 81.8 Å². The molecule has 1 aromatic heterocycles. The van der Waals surface area contributed by atoms with E-state index in [9.17, 15) is 17.8 Å². The number of para-hydroxylation sites is 2. The molecule has 0 saturated carbocycles. The van der Waals surface area contributed by atoms with E-state index in [1.54, 1.807) is 11.9 Å². The Hall–Kier alpha value is -5.57. The summed E-state index contributed by atoms with van der Waals surface area (Å²) in [5, 5.41) is 4.68. The number of anilines is 1. The lowest BCUT2D eigenvalue weighted by Gasteiger charge is -2.40. The minimum atomic E-state index is -4.09. The van der Waals surface area contributed by atoms with Gasteiger partial charge >= 0.3 is 0 Å². The van der Waals surface area contributed by atoms with Crippen LogP contribution >= 0.6 is 0 Å². The second-order valence-electron chi connectivity index (χ2n) is 12.4. The van der Waals surface area contributed by atoms with Crippen LogP contribution in [0.1, 0.15) is 41.3 Å². The van der Waals surface area contributed by atoms with Gasteiger partial charge in [-0.05, 0) is 67.5 Å². The maximum Gasteiger partial charge on any atom is 0.265 e. The second-order valence-corrected chi connectivity index (χ2v) is 14.0. The minimum Gasteiger partial charge on any atom is -0.286 e. The molecule has 2 heterocycles. The molecule has 8 heteroatoms. The summed E-state index contributed by atoms with van der Waals surface area (Å²) in [7, 11) is -4.09. The van der Waals surface area contributed by atoms with Crippen LogP contribution in [0.2, 0.25) is 0 Å². The predicted molar refractivity (Wildman–Crippen MR) is 202 cm³/mol. The molecule has 0 radical (unpaired) electrons. The third kappa shape index (κ3) is 8.00. The van der Waals surface area contributed by atoms with Crippen molar-refractivity contribution in [2.45, 2.75) is 33.7 Å². The van der Waals surface area contributed by atoms with E-state index in [0.29, 0.717) is 6.54 Å². The fourth-order valence-corrected chi connectivity index (χ4v) is 6.62. The van der Waals surface area contributed by atoms with Crippen molar-refractivity contribution >= 4 is 50.0 Å². The Kier molecular flexibility index (Phi) is 10.2. The number of hydrogen-bond donors (Lipinski definition) is 1. The third-order valence-corrected chi connectivity index (χ3v) is 9.40. The van der Waals surface area contributed by atoms with Crippen LogP contribution in [0, 0.1) is 13.8 Å². The summed E-state index contributed by atoms with van der Waals surface area (Å²) in [6.45, 7) is 6.08. The number of hydrogen-bond acceptors (Lipinski definition) is 4. The Morgan fingerprint density at radius 1 is 0.800 bits per heavy atom. The number of carbonyl (C=O) groups excluding carboxylic acids is 1. The molecule has 252 valence electrons. The molecule has 0 spiro atoms. The second kappa shape index (κ2) is 14.9. The maximum atomic E-state index is 13.6. The van der Waals surface area contributed by atoms with E-state index in [0.717, 1.165) is 55.9 Å². The number of amides is 1. The predicted octanol–water partition coefficient (Wildman–Crippen LogP) is 8.33. The number of benzene rings is 4. The van der Waals surface area contributed by atoms with Gasteiger partial charge in [0, 0.05) is 42.5 Å². The number of carbonyl (C=O) groups is 1. The molecular weight excluding hydrogens is 643 g/mol. The van der Waals surface area contributed by atoms with Crippen molar-refractivity contribution < 1.29 is 22.3 Å². The summed E-state index contributed by atoms with van der Waals surface area (Å²) >= 11 is 0. The molecule has 7 nitrogen and oxygen atoms in total. The Morgan fingerprint density at radius 2 is 1.44 bits per heavy atom. The minimum absolute atomic E-state index is 0.150. The number of fused-ring (bicyclic) bond motifs is 1. The molecule has 0 saturated heterocycles. The first-order valence-electron chi connectivity index (χ1n) is 16.6. The van der Waals surface area contributed by atoms with Gasteiger partial charge in [0.1, 0.15) is 0 Å². The summed E-state index contributed by atoms with van der Waals surface area (Å²) in [5.41, 5.74) is 9.46. The zero-order valence-electron chi connectivity index (χ0n) is 28.4. The average molecular weight is 683 g/mol. The van der Waals surface area contributed by atoms with E-state index in [2.05, 4.69) is 79.1 Å². The van der Waals surface area contributed by atoms with E-state index >= 15 is 0 Å².